The molecule has 1 saturated heterocycles. The van der Waals surface area contributed by atoms with E-state index < -0.39 is 23.9 Å². The van der Waals surface area contributed by atoms with Crippen LogP contribution < -0.4 is 0 Å². The molecule has 0 saturated carbocycles. The van der Waals surface area contributed by atoms with Gasteiger partial charge < -0.3 is 33.7 Å². The molecular formula is C47H48N6O12. The Balaban J connectivity index is 1.24. The van der Waals surface area contributed by atoms with E-state index in [0.717, 1.165) is 5.56 Å². The standard InChI is InChI=1S/C47H48N6O12/c1-24-13-25(2)63-41(24)30-14-33(48-37(17-30)44(55)56)20-51-7-9-52(21-34-15-31(18-38(49-34)45(57)58)42-26(3)36(23-54)28(5)64-42)11-12-53(10-8-51)22-35-16-32(19-39(50-35)46(59)60)43-27(4)40(47(61)62)29(6)65-43/h13-19,23H,7-12,20-22H2,1-6H3,(H,55,56)(H,57,58)(H,59,60)(H,61,62). The summed E-state index contributed by atoms with van der Waals surface area (Å²) in [4.78, 5) is 80.7. The minimum atomic E-state index is -1.28. The summed E-state index contributed by atoms with van der Waals surface area (Å²) in [6, 6.07) is 11.4. The van der Waals surface area contributed by atoms with Crippen molar-refractivity contribution in [2.45, 2.75) is 61.2 Å². The van der Waals surface area contributed by atoms with Crippen LogP contribution in [0.5, 0.6) is 0 Å². The normalized spacial score (nSPS) is 14.2. The number of nitrogens with zero attached hydrogens (tertiary/aromatic N) is 6. The Kier molecular flexibility index (Phi) is 13.2. The number of aromatic nitrogens is 3. The van der Waals surface area contributed by atoms with Gasteiger partial charge >= 0.3 is 23.9 Å². The quantitative estimate of drug-likeness (QED) is 0.0809. The molecule has 65 heavy (non-hydrogen) atoms. The van der Waals surface area contributed by atoms with Crippen molar-refractivity contribution in [3.8, 4) is 34.0 Å². The van der Waals surface area contributed by atoms with Crippen molar-refractivity contribution in [3.05, 3.63) is 122 Å². The number of carboxylic acids is 4. The molecule has 18 nitrogen and oxygen atoms in total. The zero-order chi connectivity index (χ0) is 46.9. The van der Waals surface area contributed by atoms with Gasteiger partial charge in [0.2, 0.25) is 0 Å². The van der Waals surface area contributed by atoms with E-state index in [1.807, 2.05) is 26.0 Å². The first-order valence-electron chi connectivity index (χ1n) is 20.7. The van der Waals surface area contributed by atoms with Crippen LogP contribution in [0.15, 0.2) is 55.7 Å². The summed E-state index contributed by atoms with van der Waals surface area (Å²) in [5.41, 5.74) is 4.27. The second-order valence-corrected chi connectivity index (χ2v) is 16.2. The van der Waals surface area contributed by atoms with E-state index in [2.05, 4.69) is 29.7 Å². The van der Waals surface area contributed by atoms with Crippen molar-refractivity contribution in [1.29, 1.82) is 0 Å². The lowest BCUT2D eigenvalue weighted by molar-refractivity contribution is 0.0679. The molecule has 0 spiro atoms. The molecule has 338 valence electrons. The molecular weight excluding hydrogens is 841 g/mol. The van der Waals surface area contributed by atoms with Crippen molar-refractivity contribution in [2.75, 3.05) is 39.3 Å². The molecule has 4 N–H and O–H groups in total. The average Bonchev–Trinajstić information content (AvgIpc) is 3.88. The Morgan fingerprint density at radius 3 is 1.23 bits per heavy atom. The minimum Gasteiger partial charge on any atom is -0.478 e. The summed E-state index contributed by atoms with van der Waals surface area (Å²) in [6.45, 7) is 13.7. The fraction of sp³-hybridized carbons (Fsp3) is 0.319. The lowest BCUT2D eigenvalue weighted by atomic mass is 10.0. The van der Waals surface area contributed by atoms with Gasteiger partial charge in [-0.25, -0.2) is 34.1 Å². The zero-order valence-corrected chi connectivity index (χ0v) is 36.7. The number of pyridine rings is 3. The first kappa shape index (κ1) is 45.7. The van der Waals surface area contributed by atoms with Gasteiger partial charge in [-0.3, -0.25) is 19.5 Å². The van der Waals surface area contributed by atoms with Gasteiger partial charge in [0.05, 0.1) is 22.6 Å². The van der Waals surface area contributed by atoms with Crippen LogP contribution in [0.25, 0.3) is 34.0 Å². The number of hydrogen-bond acceptors (Lipinski definition) is 14. The number of aryl methyl sites for hydroxylation is 4. The van der Waals surface area contributed by atoms with Gasteiger partial charge in [0.15, 0.2) is 6.29 Å². The average molecular weight is 889 g/mol. The summed E-state index contributed by atoms with van der Waals surface area (Å²) in [7, 11) is 0. The molecule has 6 aromatic rings. The predicted octanol–water partition coefficient (Wildman–Crippen LogP) is 6.93. The Hall–Kier alpha value is -7.28. The number of carboxylic acid groups (broad SMARTS) is 4. The molecule has 7 heterocycles. The molecule has 0 bridgehead atoms. The van der Waals surface area contributed by atoms with Crippen LogP contribution in [0.4, 0.5) is 0 Å². The minimum absolute atomic E-state index is 0.00373. The lowest BCUT2D eigenvalue weighted by Crippen LogP contribution is -2.36. The van der Waals surface area contributed by atoms with Crippen LogP contribution in [0.3, 0.4) is 0 Å². The van der Waals surface area contributed by atoms with Gasteiger partial charge in [-0.2, -0.15) is 0 Å². The molecule has 1 fully saturated rings. The number of aldehydes is 1. The highest BCUT2D eigenvalue weighted by Gasteiger charge is 2.26. The number of carbonyl (C=O) groups is 5. The van der Waals surface area contributed by atoms with Gasteiger partial charge in [-0.05, 0) is 89.6 Å². The fourth-order valence-electron chi connectivity index (χ4n) is 8.36. The second-order valence-electron chi connectivity index (χ2n) is 16.2. The highest BCUT2D eigenvalue weighted by molar-refractivity contribution is 5.93. The van der Waals surface area contributed by atoms with E-state index in [4.69, 9.17) is 13.3 Å². The molecule has 0 atom stereocenters. The lowest BCUT2D eigenvalue weighted by Gasteiger charge is -2.25. The molecule has 0 aromatic carbocycles. The maximum absolute atomic E-state index is 12.4. The molecule has 1 aliphatic heterocycles. The molecule has 7 rings (SSSR count). The van der Waals surface area contributed by atoms with Crippen LogP contribution >= 0.6 is 0 Å². The first-order chi connectivity index (χ1) is 30.9. The highest BCUT2D eigenvalue weighted by Crippen LogP contribution is 2.34. The molecule has 0 aliphatic carbocycles. The largest absolute Gasteiger partial charge is 0.478 e. The van der Waals surface area contributed by atoms with Crippen LogP contribution in [0.1, 0.15) is 103 Å². The number of carbonyl (C=O) groups excluding carboxylic acids is 1. The van der Waals surface area contributed by atoms with Crippen LogP contribution in [-0.4, -0.2) is 120 Å². The zero-order valence-electron chi connectivity index (χ0n) is 36.7. The van der Waals surface area contributed by atoms with E-state index in [-0.39, 0.29) is 53.8 Å². The Morgan fingerprint density at radius 2 is 0.908 bits per heavy atom. The van der Waals surface area contributed by atoms with Crippen LogP contribution in [0.2, 0.25) is 0 Å². The number of rotatable bonds is 14. The topological polar surface area (TPSA) is 254 Å². The van der Waals surface area contributed by atoms with Gasteiger partial charge in [0.1, 0.15) is 57.2 Å². The van der Waals surface area contributed by atoms with Gasteiger partial charge in [-0.1, -0.05) is 0 Å². The highest BCUT2D eigenvalue weighted by atomic mass is 16.4. The molecule has 6 aromatic heterocycles. The third-order valence-electron chi connectivity index (χ3n) is 11.5. The van der Waals surface area contributed by atoms with E-state index in [1.54, 1.807) is 32.9 Å². The summed E-state index contributed by atoms with van der Waals surface area (Å²) in [6.07, 6.45) is 0.703. The van der Waals surface area contributed by atoms with Crippen molar-refractivity contribution in [2.24, 2.45) is 0 Å². The first-order valence-corrected chi connectivity index (χ1v) is 20.7. The van der Waals surface area contributed by atoms with Crippen molar-refractivity contribution >= 4 is 30.2 Å². The summed E-state index contributed by atoms with van der Waals surface area (Å²) < 4.78 is 17.8. The summed E-state index contributed by atoms with van der Waals surface area (Å²) >= 11 is 0. The summed E-state index contributed by atoms with van der Waals surface area (Å²) in [5, 5.41) is 40.1. The fourth-order valence-corrected chi connectivity index (χ4v) is 8.36. The number of furan rings is 3. The molecule has 0 amide bonds. The van der Waals surface area contributed by atoms with E-state index in [1.165, 1.54) is 25.1 Å². The van der Waals surface area contributed by atoms with E-state index in [0.29, 0.717) is 119 Å². The molecule has 18 heteroatoms. The number of aromatic carboxylic acids is 4. The smallest absolute Gasteiger partial charge is 0.354 e. The van der Waals surface area contributed by atoms with Crippen LogP contribution in [0, 0.1) is 41.5 Å². The molecule has 0 unspecified atom stereocenters. The van der Waals surface area contributed by atoms with E-state index >= 15 is 0 Å². The van der Waals surface area contributed by atoms with Gasteiger partial charge in [0, 0.05) is 86.7 Å². The van der Waals surface area contributed by atoms with Crippen molar-refractivity contribution < 1.29 is 57.7 Å². The monoisotopic (exact) mass is 888 g/mol. The third kappa shape index (κ3) is 10.1. The number of hydrogen-bond donors (Lipinski definition) is 4. The predicted molar refractivity (Wildman–Crippen MR) is 233 cm³/mol. The summed E-state index contributed by atoms with van der Waals surface area (Å²) in [5.74, 6) is -2.48. The third-order valence-corrected chi connectivity index (χ3v) is 11.5. The maximum atomic E-state index is 12.4. The molecule has 1 aliphatic rings. The molecule has 0 radical (unpaired) electrons. The maximum Gasteiger partial charge on any atom is 0.354 e. The Labute approximate surface area is 372 Å². The van der Waals surface area contributed by atoms with Crippen LogP contribution in [-0.2, 0) is 19.6 Å². The van der Waals surface area contributed by atoms with Gasteiger partial charge in [0.25, 0.3) is 0 Å². The van der Waals surface area contributed by atoms with Gasteiger partial charge in [-0.15, -0.1) is 0 Å². The Bertz CT molecular complexity index is 2860. The van der Waals surface area contributed by atoms with E-state index in [9.17, 15) is 44.4 Å². The Morgan fingerprint density at radius 1 is 0.523 bits per heavy atom. The SMILES string of the molecule is Cc1cc(C)c(-c2cc(CN3CCN(Cc4cc(-c5oc(C)c(C=O)c5C)cc(C(=O)O)n4)CCN(Cc4cc(-c5oc(C)c(C(=O)O)c5C)cc(C(=O)O)n4)CC3)nc(C(=O)O)c2)o1. The second kappa shape index (κ2) is 18.8. The van der Waals surface area contributed by atoms with Crippen molar-refractivity contribution in [3.63, 3.8) is 0 Å². The van der Waals surface area contributed by atoms with Crippen molar-refractivity contribution in [1.82, 2.24) is 29.7 Å².